The van der Waals surface area contributed by atoms with Gasteiger partial charge in [-0.1, -0.05) is 42.0 Å². The summed E-state index contributed by atoms with van der Waals surface area (Å²) in [4.78, 5) is 21.0. The summed E-state index contributed by atoms with van der Waals surface area (Å²) in [6.45, 7) is 2.02. The average molecular weight is 406 g/mol. The summed E-state index contributed by atoms with van der Waals surface area (Å²) in [6.07, 6.45) is 0. The van der Waals surface area contributed by atoms with Crippen LogP contribution in [-0.2, 0) is 0 Å². The number of halogens is 1. The van der Waals surface area contributed by atoms with Crippen molar-refractivity contribution in [2.24, 2.45) is 9.98 Å². The summed E-state index contributed by atoms with van der Waals surface area (Å²) in [5, 5.41) is 2.88. The lowest BCUT2D eigenvalue weighted by Crippen LogP contribution is -2.12. The fourth-order valence-corrected chi connectivity index (χ4v) is 2.66. The third kappa shape index (κ3) is 4.54. The lowest BCUT2D eigenvalue weighted by molar-refractivity contribution is 0.102. The Morgan fingerprint density at radius 1 is 0.923 bits per heavy atom. The predicted molar refractivity (Wildman–Crippen MR) is 109 cm³/mol. The van der Waals surface area contributed by atoms with Gasteiger partial charge in [-0.05, 0) is 59.3 Å². The Balaban J connectivity index is 1.83. The van der Waals surface area contributed by atoms with Crippen LogP contribution in [0.3, 0.4) is 0 Å². The van der Waals surface area contributed by atoms with Gasteiger partial charge in [-0.3, -0.25) is 4.79 Å². The van der Waals surface area contributed by atoms with Crippen LogP contribution >= 0.6 is 15.9 Å². The number of aryl methyl sites for hydroxylation is 1. The Kier molecular flexibility index (Phi) is 5.74. The number of nitrogens with zero attached hydrogens (tertiary/aromatic N) is 2. The zero-order valence-corrected chi connectivity index (χ0v) is 15.7. The minimum atomic E-state index is -0.242. The van der Waals surface area contributed by atoms with Crippen molar-refractivity contribution in [3.05, 3.63) is 88.4 Å². The highest BCUT2D eigenvalue weighted by atomic mass is 79.9. The van der Waals surface area contributed by atoms with E-state index in [0.29, 0.717) is 16.9 Å². The van der Waals surface area contributed by atoms with Gasteiger partial charge in [0.2, 0.25) is 0 Å². The van der Waals surface area contributed by atoms with Gasteiger partial charge in [0.05, 0.1) is 22.6 Å². The maximum Gasteiger partial charge on any atom is 0.257 e. The van der Waals surface area contributed by atoms with Gasteiger partial charge in [-0.2, -0.15) is 9.98 Å². The normalized spacial score (nSPS) is 9.92. The van der Waals surface area contributed by atoms with Crippen LogP contribution in [0.4, 0.5) is 17.1 Å². The van der Waals surface area contributed by atoms with Gasteiger partial charge in [0.1, 0.15) is 6.01 Å². The van der Waals surface area contributed by atoms with Gasteiger partial charge in [-0.15, -0.1) is 0 Å². The molecular formula is C21H16BrN3O. The molecule has 0 unspecified atom stereocenters. The third-order valence-electron chi connectivity index (χ3n) is 3.65. The Morgan fingerprint density at radius 3 is 2.38 bits per heavy atom. The maximum absolute atomic E-state index is 12.6. The van der Waals surface area contributed by atoms with Crippen molar-refractivity contribution in [3.8, 4) is 0 Å². The highest BCUT2D eigenvalue weighted by Gasteiger charge is 2.11. The average Bonchev–Trinajstić information content (AvgIpc) is 2.65. The van der Waals surface area contributed by atoms with Gasteiger partial charge in [0.15, 0.2) is 0 Å². The number of carbonyl (C=O) groups excluding carboxylic acids is 1. The summed E-state index contributed by atoms with van der Waals surface area (Å²) >= 11 is 3.42. The van der Waals surface area contributed by atoms with Crippen LogP contribution in [0, 0.1) is 6.92 Å². The third-order valence-corrected chi connectivity index (χ3v) is 4.35. The molecule has 3 aromatic carbocycles. The predicted octanol–water partition coefficient (Wildman–Crippen LogP) is 6.15. The molecule has 0 radical (unpaired) electrons. The van der Waals surface area contributed by atoms with Crippen LogP contribution in [0.2, 0.25) is 0 Å². The molecule has 1 amide bonds. The van der Waals surface area contributed by atoms with E-state index in [-0.39, 0.29) is 5.91 Å². The fraction of sp³-hybridized carbons (Fsp3) is 0.0476. The van der Waals surface area contributed by atoms with E-state index in [2.05, 4.69) is 37.2 Å². The number of amides is 1. The zero-order valence-electron chi connectivity index (χ0n) is 14.1. The van der Waals surface area contributed by atoms with Crippen LogP contribution in [-0.4, -0.2) is 11.9 Å². The second-order valence-corrected chi connectivity index (χ2v) is 6.46. The molecule has 0 saturated heterocycles. The molecule has 1 N–H and O–H groups in total. The Morgan fingerprint density at radius 2 is 1.62 bits per heavy atom. The molecule has 0 aromatic heterocycles. The smallest absolute Gasteiger partial charge is 0.257 e. The second kappa shape index (κ2) is 8.39. The van der Waals surface area contributed by atoms with Gasteiger partial charge in [0, 0.05) is 4.47 Å². The first-order valence-corrected chi connectivity index (χ1v) is 8.81. The topological polar surface area (TPSA) is 53.8 Å². The second-order valence-electron chi connectivity index (χ2n) is 5.61. The first kappa shape index (κ1) is 17.8. The number of rotatable bonds is 4. The number of hydrogen-bond acceptors (Lipinski definition) is 3. The molecule has 0 aliphatic carbocycles. The van der Waals surface area contributed by atoms with E-state index in [0.717, 1.165) is 15.7 Å². The van der Waals surface area contributed by atoms with E-state index in [9.17, 15) is 4.79 Å². The van der Waals surface area contributed by atoms with Crippen molar-refractivity contribution < 1.29 is 4.79 Å². The molecule has 0 bridgehead atoms. The first-order valence-electron chi connectivity index (χ1n) is 8.01. The number of carbonyl (C=O) groups is 1. The number of aliphatic imine (C=N–C) groups is 2. The van der Waals surface area contributed by atoms with Crippen molar-refractivity contribution >= 4 is 44.9 Å². The number of anilines is 1. The largest absolute Gasteiger partial charge is 0.321 e. The molecule has 5 heteroatoms. The molecule has 0 atom stereocenters. The molecule has 26 heavy (non-hydrogen) atoms. The van der Waals surface area contributed by atoms with E-state index < -0.39 is 0 Å². The molecule has 3 aromatic rings. The van der Waals surface area contributed by atoms with Crippen LogP contribution in [0.15, 0.2) is 87.3 Å². The van der Waals surface area contributed by atoms with Crippen molar-refractivity contribution in [2.75, 3.05) is 5.32 Å². The van der Waals surface area contributed by atoms with E-state index in [1.54, 1.807) is 18.2 Å². The van der Waals surface area contributed by atoms with E-state index in [1.165, 1.54) is 0 Å². The highest BCUT2D eigenvalue weighted by Crippen LogP contribution is 2.24. The van der Waals surface area contributed by atoms with Gasteiger partial charge >= 0.3 is 0 Å². The summed E-state index contributed by atoms with van der Waals surface area (Å²) in [5.41, 5.74) is 3.58. The van der Waals surface area contributed by atoms with Crippen molar-refractivity contribution in [3.63, 3.8) is 0 Å². The van der Waals surface area contributed by atoms with Crippen LogP contribution in [0.1, 0.15) is 15.9 Å². The Hall–Kier alpha value is -3.01. The summed E-state index contributed by atoms with van der Waals surface area (Å²) < 4.78 is 0.815. The quantitative estimate of drug-likeness (QED) is 0.520. The molecular weight excluding hydrogens is 390 g/mol. The standard InChI is InChI=1S/C21H16BrN3O/c1-15-10-12-16(13-11-15)23-14-24-19-8-4-2-6-17(19)21(26)25-20-9-5-3-7-18(20)22/h2-13H,1H3,(H,25,26). The van der Waals surface area contributed by atoms with E-state index >= 15 is 0 Å². The van der Waals surface area contributed by atoms with E-state index in [4.69, 9.17) is 0 Å². The SMILES string of the molecule is Cc1ccc(N=C=Nc2ccccc2C(=O)Nc2ccccc2Br)cc1. The first-order chi connectivity index (χ1) is 12.6. The highest BCUT2D eigenvalue weighted by molar-refractivity contribution is 9.10. The van der Waals surface area contributed by atoms with Crippen molar-refractivity contribution in [1.82, 2.24) is 0 Å². The Bertz CT molecular complexity index is 990. The van der Waals surface area contributed by atoms with Crippen molar-refractivity contribution in [1.29, 1.82) is 0 Å². The van der Waals surface area contributed by atoms with Crippen LogP contribution in [0.25, 0.3) is 0 Å². The molecule has 128 valence electrons. The molecule has 0 aliphatic rings. The van der Waals surface area contributed by atoms with Gasteiger partial charge in [-0.25, -0.2) is 0 Å². The number of hydrogen-bond donors (Lipinski definition) is 1. The number of nitrogens with one attached hydrogen (secondary N) is 1. The monoisotopic (exact) mass is 405 g/mol. The molecule has 3 rings (SSSR count). The zero-order chi connectivity index (χ0) is 18.4. The van der Waals surface area contributed by atoms with Crippen molar-refractivity contribution in [2.45, 2.75) is 6.92 Å². The van der Waals surface area contributed by atoms with Gasteiger partial charge in [0.25, 0.3) is 5.91 Å². The molecule has 4 nitrogen and oxygen atoms in total. The maximum atomic E-state index is 12.6. The van der Waals surface area contributed by atoms with E-state index in [1.807, 2.05) is 61.5 Å². The minimum absolute atomic E-state index is 0.242. The van der Waals surface area contributed by atoms with Crippen LogP contribution in [0.5, 0.6) is 0 Å². The molecule has 0 fully saturated rings. The summed E-state index contributed by atoms with van der Waals surface area (Å²) in [7, 11) is 0. The molecule has 0 heterocycles. The lowest BCUT2D eigenvalue weighted by Gasteiger charge is -2.08. The summed E-state index contributed by atoms with van der Waals surface area (Å²) in [5.74, 6) is -0.242. The fourth-order valence-electron chi connectivity index (χ4n) is 2.27. The molecule has 0 spiro atoms. The lowest BCUT2D eigenvalue weighted by atomic mass is 10.1. The Labute approximate surface area is 160 Å². The number of para-hydroxylation sites is 2. The van der Waals surface area contributed by atoms with Gasteiger partial charge < -0.3 is 5.32 Å². The minimum Gasteiger partial charge on any atom is -0.321 e. The molecule has 0 aliphatic heterocycles. The number of benzene rings is 3. The molecule has 0 saturated carbocycles. The summed E-state index contributed by atoms with van der Waals surface area (Å²) in [6, 6.07) is 24.9. The van der Waals surface area contributed by atoms with Crippen LogP contribution < -0.4 is 5.32 Å².